The second kappa shape index (κ2) is 4.86. The molecule has 1 aliphatic carbocycles. The Hall–Kier alpha value is -2.28. The van der Waals surface area contributed by atoms with Crippen molar-refractivity contribution in [1.29, 1.82) is 0 Å². The molecule has 0 saturated heterocycles. The van der Waals surface area contributed by atoms with Crippen molar-refractivity contribution in [2.24, 2.45) is 5.92 Å². The quantitative estimate of drug-likeness (QED) is 0.936. The van der Waals surface area contributed by atoms with Crippen molar-refractivity contribution in [3.63, 3.8) is 0 Å². The summed E-state index contributed by atoms with van der Waals surface area (Å²) in [5.41, 5.74) is 9.03. The first-order valence-electron chi connectivity index (χ1n) is 7.60. The third kappa shape index (κ3) is 2.23. The van der Waals surface area contributed by atoms with Gasteiger partial charge in [0.1, 0.15) is 5.82 Å². The van der Waals surface area contributed by atoms with Crippen molar-refractivity contribution >= 4 is 27.4 Å². The molecule has 2 heterocycles. The summed E-state index contributed by atoms with van der Waals surface area (Å²) in [6, 6.07) is 9.34. The Morgan fingerprint density at radius 3 is 2.74 bits per heavy atom. The van der Waals surface area contributed by atoms with Crippen LogP contribution < -0.4 is 14.3 Å². The Balaban J connectivity index is 1.81. The van der Waals surface area contributed by atoms with Crippen LogP contribution in [0.15, 0.2) is 36.5 Å². The van der Waals surface area contributed by atoms with Crippen LogP contribution >= 0.6 is 0 Å². The predicted molar refractivity (Wildman–Crippen MR) is 91.5 cm³/mol. The molecule has 2 aliphatic rings. The van der Waals surface area contributed by atoms with Gasteiger partial charge in [0.25, 0.3) is 0 Å². The van der Waals surface area contributed by atoms with Crippen molar-refractivity contribution in [3.8, 4) is 11.1 Å². The number of rotatable bonds is 3. The minimum absolute atomic E-state index is 0.436. The van der Waals surface area contributed by atoms with E-state index in [9.17, 15) is 8.42 Å². The first-order valence-corrected chi connectivity index (χ1v) is 8.99. The van der Waals surface area contributed by atoms with Gasteiger partial charge in [0, 0.05) is 25.4 Å². The van der Waals surface area contributed by atoms with Crippen LogP contribution in [0.5, 0.6) is 0 Å². The number of benzene rings is 1. The number of fused-ring (bicyclic) bond motifs is 1. The van der Waals surface area contributed by atoms with E-state index < -0.39 is 10.2 Å². The van der Waals surface area contributed by atoms with E-state index in [1.165, 1.54) is 8.61 Å². The molecule has 23 heavy (non-hydrogen) atoms. The van der Waals surface area contributed by atoms with Gasteiger partial charge >= 0.3 is 10.2 Å². The van der Waals surface area contributed by atoms with Crippen LogP contribution in [-0.4, -0.2) is 27.0 Å². The van der Waals surface area contributed by atoms with Crippen LogP contribution in [0.2, 0.25) is 0 Å². The highest BCUT2D eigenvalue weighted by molar-refractivity contribution is 7.94. The zero-order valence-electron chi connectivity index (χ0n) is 12.8. The number of pyridine rings is 1. The van der Waals surface area contributed by atoms with Gasteiger partial charge in [0.15, 0.2) is 0 Å². The molecule has 0 atom stereocenters. The molecule has 1 aliphatic heterocycles. The summed E-state index contributed by atoms with van der Waals surface area (Å²) in [6.45, 7) is 0.564. The van der Waals surface area contributed by atoms with Crippen molar-refractivity contribution in [2.45, 2.75) is 12.8 Å². The molecule has 1 aromatic heterocycles. The van der Waals surface area contributed by atoms with E-state index in [1.54, 1.807) is 13.2 Å². The number of hydrogen-bond donors (Lipinski definition) is 1. The number of aromatic nitrogens is 1. The maximum atomic E-state index is 12.6. The lowest BCUT2D eigenvalue weighted by atomic mass is 10.0. The number of anilines is 3. The lowest BCUT2D eigenvalue weighted by Gasteiger charge is -2.18. The van der Waals surface area contributed by atoms with Crippen molar-refractivity contribution < 1.29 is 8.42 Å². The number of nitrogen functional groups attached to an aromatic ring is 1. The summed E-state index contributed by atoms with van der Waals surface area (Å²) < 4.78 is 28.2. The predicted octanol–water partition coefficient (Wildman–Crippen LogP) is 2.24. The van der Waals surface area contributed by atoms with Crippen LogP contribution in [0.4, 0.5) is 17.2 Å². The zero-order chi connectivity index (χ0) is 16.2. The average Bonchev–Trinajstić information content (AvgIpc) is 3.33. The molecule has 0 radical (unpaired) electrons. The maximum absolute atomic E-state index is 12.6. The van der Waals surface area contributed by atoms with Gasteiger partial charge in [0.05, 0.1) is 11.4 Å². The van der Waals surface area contributed by atoms with Crippen LogP contribution in [0, 0.1) is 5.92 Å². The smallest absolute Gasteiger partial charge is 0.326 e. The Labute approximate surface area is 135 Å². The van der Waals surface area contributed by atoms with Crippen LogP contribution in [0.1, 0.15) is 12.8 Å². The van der Waals surface area contributed by atoms with E-state index in [0.29, 0.717) is 24.0 Å². The van der Waals surface area contributed by atoms with Gasteiger partial charge in [-0.15, -0.1) is 0 Å². The summed E-state index contributed by atoms with van der Waals surface area (Å²) >= 11 is 0. The normalized spacial score (nSPS) is 19.0. The highest BCUT2D eigenvalue weighted by Gasteiger charge is 2.40. The molecule has 0 amide bonds. The molecule has 120 valence electrons. The molecule has 1 aromatic carbocycles. The molecule has 7 heteroatoms. The highest BCUT2D eigenvalue weighted by Crippen LogP contribution is 2.44. The Morgan fingerprint density at radius 2 is 2.04 bits per heavy atom. The monoisotopic (exact) mass is 330 g/mol. The van der Waals surface area contributed by atoms with Crippen LogP contribution in [0.3, 0.4) is 0 Å². The average molecular weight is 330 g/mol. The third-order valence-corrected chi connectivity index (χ3v) is 6.27. The third-order valence-electron chi connectivity index (χ3n) is 4.48. The van der Waals surface area contributed by atoms with Gasteiger partial charge in [0.2, 0.25) is 0 Å². The fourth-order valence-electron chi connectivity index (χ4n) is 2.94. The SMILES string of the molecule is CN1c2cc(-c3cccnc3N)ccc2N(CC2CC2)S1(=O)=O. The molecule has 1 saturated carbocycles. The number of hydrogen-bond acceptors (Lipinski definition) is 4. The van der Waals surface area contributed by atoms with Crippen LogP contribution in [-0.2, 0) is 10.2 Å². The molecule has 2 N–H and O–H groups in total. The van der Waals surface area contributed by atoms with Gasteiger partial charge in [-0.2, -0.15) is 8.42 Å². The number of nitrogens with zero attached hydrogens (tertiary/aromatic N) is 3. The molecular weight excluding hydrogens is 312 g/mol. The fraction of sp³-hybridized carbons (Fsp3) is 0.312. The standard InChI is InChI=1S/C16H18N4O2S/c1-19-15-9-12(13-3-2-8-18-16(13)17)6-7-14(15)20(23(19,21)22)10-11-4-5-11/h2-3,6-9,11H,4-5,10H2,1H3,(H2,17,18). The number of nitrogens with two attached hydrogens (primary N) is 1. The molecule has 0 bridgehead atoms. The van der Waals surface area contributed by atoms with Crippen molar-refractivity contribution in [1.82, 2.24) is 4.98 Å². The second-order valence-corrected chi connectivity index (χ2v) is 7.97. The fourth-order valence-corrected chi connectivity index (χ4v) is 4.43. The Morgan fingerprint density at radius 1 is 1.26 bits per heavy atom. The Bertz CT molecular complexity index is 877. The molecule has 0 spiro atoms. The van der Waals surface area contributed by atoms with Gasteiger partial charge in [-0.25, -0.2) is 4.98 Å². The van der Waals surface area contributed by atoms with Crippen molar-refractivity contribution in [2.75, 3.05) is 27.9 Å². The molecule has 4 rings (SSSR count). The zero-order valence-corrected chi connectivity index (χ0v) is 13.6. The summed E-state index contributed by atoms with van der Waals surface area (Å²) in [7, 11) is -1.87. The van der Waals surface area contributed by atoms with E-state index >= 15 is 0 Å². The molecule has 1 fully saturated rings. The minimum atomic E-state index is -3.47. The summed E-state index contributed by atoms with van der Waals surface area (Å²) in [5.74, 6) is 0.920. The molecular formula is C16H18N4O2S. The van der Waals surface area contributed by atoms with Gasteiger partial charge < -0.3 is 5.73 Å². The molecule has 0 unspecified atom stereocenters. The minimum Gasteiger partial charge on any atom is -0.383 e. The summed E-state index contributed by atoms with van der Waals surface area (Å²) in [4.78, 5) is 4.09. The van der Waals surface area contributed by atoms with Gasteiger partial charge in [-0.05, 0) is 48.6 Å². The second-order valence-electron chi connectivity index (χ2n) is 6.09. The first-order chi connectivity index (χ1) is 11.0. The van der Waals surface area contributed by atoms with Crippen LogP contribution in [0.25, 0.3) is 11.1 Å². The Kier molecular flexibility index (Phi) is 3.02. The topological polar surface area (TPSA) is 79.5 Å². The summed E-state index contributed by atoms with van der Waals surface area (Å²) in [5, 5.41) is 0. The lowest BCUT2D eigenvalue weighted by molar-refractivity contribution is 0.590. The maximum Gasteiger partial charge on any atom is 0.326 e. The van der Waals surface area contributed by atoms with Crippen molar-refractivity contribution in [3.05, 3.63) is 36.5 Å². The lowest BCUT2D eigenvalue weighted by Crippen LogP contribution is -2.36. The summed E-state index contributed by atoms with van der Waals surface area (Å²) in [6.07, 6.45) is 3.85. The van der Waals surface area contributed by atoms with E-state index in [1.807, 2.05) is 30.3 Å². The van der Waals surface area contributed by atoms with E-state index in [0.717, 1.165) is 29.7 Å². The van der Waals surface area contributed by atoms with Gasteiger partial charge in [-0.1, -0.05) is 6.07 Å². The highest BCUT2D eigenvalue weighted by atomic mass is 32.2. The largest absolute Gasteiger partial charge is 0.383 e. The van der Waals surface area contributed by atoms with E-state index in [2.05, 4.69) is 4.98 Å². The van der Waals surface area contributed by atoms with E-state index in [-0.39, 0.29) is 0 Å². The first kappa shape index (κ1) is 14.3. The molecule has 2 aromatic rings. The van der Waals surface area contributed by atoms with Gasteiger partial charge in [-0.3, -0.25) is 8.61 Å². The molecule has 6 nitrogen and oxygen atoms in total. The van der Waals surface area contributed by atoms with E-state index in [4.69, 9.17) is 5.73 Å².